The third-order valence-electron chi connectivity index (χ3n) is 2.74. The highest BCUT2D eigenvalue weighted by atomic mass is 19.1. The summed E-state index contributed by atoms with van der Waals surface area (Å²) in [5, 5.41) is 0. The van der Waals surface area contributed by atoms with Gasteiger partial charge in [0, 0.05) is 6.07 Å². The van der Waals surface area contributed by atoms with Crippen LogP contribution in [0.25, 0.3) is 0 Å². The van der Waals surface area contributed by atoms with Gasteiger partial charge in [-0.3, -0.25) is 14.4 Å². The summed E-state index contributed by atoms with van der Waals surface area (Å²) in [5.74, 6) is -5.16. The van der Waals surface area contributed by atoms with E-state index in [1.807, 2.05) is 0 Å². The maximum atomic E-state index is 13.5. The van der Waals surface area contributed by atoms with Crippen molar-refractivity contribution in [3.05, 3.63) is 29.3 Å². The van der Waals surface area contributed by atoms with E-state index >= 15 is 0 Å². The fourth-order valence-corrected chi connectivity index (χ4v) is 1.80. The lowest BCUT2D eigenvalue weighted by Gasteiger charge is -2.19. The molecule has 1 aliphatic heterocycles. The molecule has 1 aromatic carbocycles. The highest BCUT2D eigenvalue weighted by molar-refractivity contribution is 6.52. The number of fused-ring (bicyclic) bond motifs is 1. The lowest BCUT2D eigenvalue weighted by molar-refractivity contribution is -0.119. The van der Waals surface area contributed by atoms with E-state index in [9.17, 15) is 23.2 Å². The minimum absolute atomic E-state index is 0.246. The molecule has 1 heterocycles. The molecule has 0 bridgehead atoms. The Balaban J connectivity index is 2.47. The summed E-state index contributed by atoms with van der Waals surface area (Å²) in [7, 11) is 0. The molecule has 6 nitrogen and oxygen atoms in total. The van der Waals surface area contributed by atoms with Gasteiger partial charge >= 0.3 is 0 Å². The fourth-order valence-electron chi connectivity index (χ4n) is 1.80. The molecular weight excluding hydrogens is 260 g/mol. The monoisotopic (exact) mass is 269 g/mol. The molecule has 100 valence electrons. The van der Waals surface area contributed by atoms with Crippen molar-refractivity contribution in [1.29, 1.82) is 0 Å². The Labute approximate surface area is 106 Å². The molecule has 2 rings (SSSR count). The zero-order chi connectivity index (χ0) is 14.3. The molecule has 1 atom stereocenters. The van der Waals surface area contributed by atoms with Gasteiger partial charge in [0.15, 0.2) is 0 Å². The lowest BCUT2D eigenvalue weighted by atomic mass is 10.1. The van der Waals surface area contributed by atoms with E-state index < -0.39 is 47.4 Å². The van der Waals surface area contributed by atoms with Crippen LogP contribution in [0.5, 0.6) is 0 Å². The molecule has 8 heteroatoms. The standard InChI is InChI=1S/C11H9F2N3O3/c12-4-1-5(13)8-7(2-4)16(11(19)9(8)17)3-6(14)10(15)18/h1-2,6H,3,14H2,(H2,15,18). The second-order valence-electron chi connectivity index (χ2n) is 4.04. The molecular formula is C11H9F2N3O3. The molecule has 0 saturated heterocycles. The van der Waals surface area contributed by atoms with Crippen molar-refractivity contribution >= 4 is 23.3 Å². The fraction of sp³-hybridized carbons (Fsp3) is 0.182. The van der Waals surface area contributed by atoms with Crippen molar-refractivity contribution < 1.29 is 23.2 Å². The number of carbonyl (C=O) groups excluding carboxylic acids is 3. The smallest absolute Gasteiger partial charge is 0.299 e. The summed E-state index contributed by atoms with van der Waals surface area (Å²) < 4.78 is 26.6. The first-order valence-electron chi connectivity index (χ1n) is 5.23. The zero-order valence-electron chi connectivity index (χ0n) is 9.52. The second kappa shape index (κ2) is 4.39. The van der Waals surface area contributed by atoms with E-state index in [0.29, 0.717) is 6.07 Å². The summed E-state index contributed by atoms with van der Waals surface area (Å²) >= 11 is 0. The maximum Gasteiger partial charge on any atom is 0.299 e. The summed E-state index contributed by atoms with van der Waals surface area (Å²) in [6, 6.07) is 0.0882. The van der Waals surface area contributed by atoms with Crippen molar-refractivity contribution in [2.45, 2.75) is 6.04 Å². The first kappa shape index (κ1) is 13.1. The third-order valence-corrected chi connectivity index (χ3v) is 2.74. The predicted octanol–water partition coefficient (Wildman–Crippen LogP) is -0.693. The SMILES string of the molecule is NC(=O)C(N)CN1C(=O)C(=O)c2c(F)cc(F)cc21. The minimum atomic E-state index is -1.24. The van der Waals surface area contributed by atoms with E-state index in [1.165, 1.54) is 0 Å². The van der Waals surface area contributed by atoms with Crippen LogP contribution in [-0.2, 0) is 9.59 Å². The Kier molecular flexibility index (Phi) is 3.03. The molecule has 19 heavy (non-hydrogen) atoms. The third kappa shape index (κ3) is 2.06. The van der Waals surface area contributed by atoms with Gasteiger partial charge in [-0.05, 0) is 6.07 Å². The van der Waals surface area contributed by atoms with E-state index in [4.69, 9.17) is 11.5 Å². The van der Waals surface area contributed by atoms with E-state index in [1.54, 1.807) is 0 Å². The predicted molar refractivity (Wildman–Crippen MR) is 60.2 cm³/mol. The molecule has 0 fully saturated rings. The number of rotatable bonds is 3. The average Bonchev–Trinajstić information content (AvgIpc) is 2.54. The van der Waals surface area contributed by atoms with Crippen LogP contribution in [-0.4, -0.2) is 30.2 Å². The first-order chi connectivity index (χ1) is 8.82. The van der Waals surface area contributed by atoms with Crippen molar-refractivity contribution in [1.82, 2.24) is 0 Å². The normalized spacial score (nSPS) is 15.6. The van der Waals surface area contributed by atoms with E-state index in [-0.39, 0.29) is 5.69 Å². The number of Topliss-reactive ketones (excluding diaryl/α,β-unsaturated/α-hetero) is 1. The minimum Gasteiger partial charge on any atom is -0.368 e. The highest BCUT2D eigenvalue weighted by Crippen LogP contribution is 2.31. The number of primary amides is 1. The van der Waals surface area contributed by atoms with Crippen LogP contribution in [0.2, 0.25) is 0 Å². The molecule has 4 N–H and O–H groups in total. The Morgan fingerprint density at radius 2 is 1.95 bits per heavy atom. The van der Waals surface area contributed by atoms with Crippen LogP contribution in [0.3, 0.4) is 0 Å². The number of hydrogen-bond donors (Lipinski definition) is 2. The van der Waals surface area contributed by atoms with Crippen LogP contribution >= 0.6 is 0 Å². The Morgan fingerprint density at radius 1 is 1.32 bits per heavy atom. The summed E-state index contributed by atoms with van der Waals surface area (Å²) in [4.78, 5) is 34.8. The van der Waals surface area contributed by atoms with Gasteiger partial charge in [0.05, 0.1) is 17.8 Å². The van der Waals surface area contributed by atoms with Crippen LogP contribution < -0.4 is 16.4 Å². The molecule has 0 radical (unpaired) electrons. The quantitative estimate of drug-likeness (QED) is 0.708. The van der Waals surface area contributed by atoms with Gasteiger partial charge in [-0.1, -0.05) is 0 Å². The van der Waals surface area contributed by atoms with Gasteiger partial charge in [0.25, 0.3) is 11.7 Å². The number of anilines is 1. The Bertz CT molecular complexity index is 603. The Hall–Kier alpha value is -2.35. The average molecular weight is 269 g/mol. The summed E-state index contributed by atoms with van der Waals surface area (Å²) in [6.45, 7) is -0.421. The molecule has 0 aliphatic carbocycles. The van der Waals surface area contributed by atoms with Crippen LogP contribution in [0.1, 0.15) is 10.4 Å². The van der Waals surface area contributed by atoms with Gasteiger partial charge in [0.2, 0.25) is 5.91 Å². The van der Waals surface area contributed by atoms with Crippen molar-refractivity contribution in [2.24, 2.45) is 11.5 Å². The summed E-state index contributed by atoms with van der Waals surface area (Å²) in [6.07, 6.45) is 0. The largest absolute Gasteiger partial charge is 0.368 e. The van der Waals surface area contributed by atoms with Gasteiger partial charge in [-0.25, -0.2) is 8.78 Å². The van der Waals surface area contributed by atoms with Crippen molar-refractivity contribution in [3.63, 3.8) is 0 Å². The van der Waals surface area contributed by atoms with Crippen LogP contribution in [0, 0.1) is 11.6 Å². The number of halogens is 2. The van der Waals surface area contributed by atoms with Crippen molar-refractivity contribution in [3.8, 4) is 0 Å². The zero-order valence-corrected chi connectivity index (χ0v) is 9.52. The lowest BCUT2D eigenvalue weighted by Crippen LogP contribution is -2.47. The number of nitrogens with two attached hydrogens (primary N) is 2. The number of nitrogens with zero attached hydrogens (tertiary/aromatic N) is 1. The Morgan fingerprint density at radius 3 is 2.53 bits per heavy atom. The molecule has 0 aromatic heterocycles. The van der Waals surface area contributed by atoms with Crippen molar-refractivity contribution in [2.75, 3.05) is 11.4 Å². The second-order valence-corrected chi connectivity index (χ2v) is 4.04. The maximum absolute atomic E-state index is 13.5. The van der Waals surface area contributed by atoms with Gasteiger partial charge in [-0.15, -0.1) is 0 Å². The highest BCUT2D eigenvalue weighted by Gasteiger charge is 2.39. The van der Waals surface area contributed by atoms with Crippen LogP contribution in [0.4, 0.5) is 14.5 Å². The molecule has 0 saturated carbocycles. The molecule has 1 unspecified atom stereocenters. The molecule has 1 aliphatic rings. The number of hydrogen-bond acceptors (Lipinski definition) is 4. The number of carbonyl (C=O) groups is 3. The van der Waals surface area contributed by atoms with Crippen LogP contribution in [0.15, 0.2) is 12.1 Å². The van der Waals surface area contributed by atoms with E-state index in [0.717, 1.165) is 11.0 Å². The topological polar surface area (TPSA) is 106 Å². The van der Waals surface area contributed by atoms with Gasteiger partial charge < -0.3 is 16.4 Å². The number of ketones is 1. The molecule has 2 amide bonds. The molecule has 0 spiro atoms. The van der Waals surface area contributed by atoms with Gasteiger partial charge in [-0.2, -0.15) is 0 Å². The van der Waals surface area contributed by atoms with E-state index in [2.05, 4.69) is 0 Å². The first-order valence-corrected chi connectivity index (χ1v) is 5.23. The molecule has 1 aromatic rings. The number of benzene rings is 1. The van der Waals surface area contributed by atoms with Gasteiger partial charge in [0.1, 0.15) is 17.7 Å². The number of amides is 2. The summed E-state index contributed by atoms with van der Waals surface area (Å²) in [5.41, 5.74) is 9.54.